The molecule has 1 aliphatic rings. The average Bonchev–Trinajstić information content (AvgIpc) is 3.11. The molecule has 0 amide bonds. The smallest absolute Gasteiger partial charge is 0.359 e. The van der Waals surface area contributed by atoms with Gasteiger partial charge in [0.05, 0.1) is 22.7 Å². The lowest BCUT2D eigenvalue weighted by Crippen LogP contribution is -2.45. The summed E-state index contributed by atoms with van der Waals surface area (Å²) in [5.41, 5.74) is -1.25. The molecule has 1 fully saturated rings. The highest BCUT2D eigenvalue weighted by Crippen LogP contribution is 2.49. The molecule has 1 aromatic carbocycles. The highest BCUT2D eigenvalue weighted by atomic mass is 32.2. The number of epoxide rings is 1. The van der Waals surface area contributed by atoms with Gasteiger partial charge in [0.25, 0.3) is 0 Å². The summed E-state index contributed by atoms with van der Waals surface area (Å²) in [5.74, 6) is 0. The number of halogens is 3. The molecule has 0 bridgehead atoms. The first kappa shape index (κ1) is 14.5. The van der Waals surface area contributed by atoms with Crippen molar-refractivity contribution in [1.29, 1.82) is 0 Å². The minimum Gasteiger partial charge on any atom is -0.359 e. The Morgan fingerprint density at radius 2 is 1.89 bits per heavy atom. The number of hydrogen-bond acceptors (Lipinski definition) is 2. The van der Waals surface area contributed by atoms with Gasteiger partial charge in [0, 0.05) is 4.90 Å². The minimum atomic E-state index is -4.48. The van der Waals surface area contributed by atoms with E-state index in [1.165, 1.54) is 0 Å². The SMILES string of the molecule is CC[C@H](S(=O)c1ccc(C)cc1)[C@]1(C(F)(F)F)CO1. The second kappa shape index (κ2) is 4.90. The summed E-state index contributed by atoms with van der Waals surface area (Å²) >= 11 is 0. The van der Waals surface area contributed by atoms with Gasteiger partial charge in [-0.3, -0.25) is 4.21 Å². The van der Waals surface area contributed by atoms with Crippen molar-refractivity contribution in [2.75, 3.05) is 6.61 Å². The van der Waals surface area contributed by atoms with Crippen molar-refractivity contribution in [2.45, 2.75) is 42.2 Å². The Morgan fingerprint density at radius 3 is 2.26 bits per heavy atom. The van der Waals surface area contributed by atoms with Gasteiger partial charge in [-0.05, 0) is 25.5 Å². The molecule has 1 unspecified atom stereocenters. The maximum atomic E-state index is 13.0. The van der Waals surface area contributed by atoms with E-state index in [0.717, 1.165) is 5.56 Å². The van der Waals surface area contributed by atoms with Gasteiger partial charge in [-0.1, -0.05) is 24.6 Å². The Bertz CT molecular complexity index is 478. The van der Waals surface area contributed by atoms with Crippen LogP contribution < -0.4 is 0 Å². The Kier molecular flexibility index (Phi) is 3.75. The van der Waals surface area contributed by atoms with Crippen LogP contribution in [0.4, 0.5) is 13.2 Å². The molecule has 3 atom stereocenters. The molecular formula is C13H15F3O2S. The van der Waals surface area contributed by atoms with E-state index in [4.69, 9.17) is 0 Å². The lowest BCUT2D eigenvalue weighted by atomic mass is 10.0. The van der Waals surface area contributed by atoms with Crippen LogP contribution in [0.1, 0.15) is 18.9 Å². The minimum absolute atomic E-state index is 0.153. The predicted molar refractivity (Wildman–Crippen MR) is 66.4 cm³/mol. The van der Waals surface area contributed by atoms with Gasteiger partial charge < -0.3 is 4.74 Å². The fourth-order valence-electron chi connectivity index (χ4n) is 2.10. The molecule has 6 heteroatoms. The molecule has 0 aromatic heterocycles. The van der Waals surface area contributed by atoms with Crippen LogP contribution in [0.25, 0.3) is 0 Å². The van der Waals surface area contributed by atoms with E-state index in [0.29, 0.717) is 4.90 Å². The van der Waals surface area contributed by atoms with E-state index in [2.05, 4.69) is 4.74 Å². The second-order valence-electron chi connectivity index (χ2n) is 4.68. The molecule has 0 aliphatic carbocycles. The van der Waals surface area contributed by atoms with E-state index in [1.54, 1.807) is 31.2 Å². The molecule has 0 spiro atoms. The molecule has 1 aliphatic heterocycles. The third-order valence-electron chi connectivity index (χ3n) is 3.34. The predicted octanol–water partition coefficient (Wildman–Crippen LogP) is 3.21. The van der Waals surface area contributed by atoms with Crippen LogP contribution in [-0.4, -0.2) is 27.8 Å². The Morgan fingerprint density at radius 1 is 1.37 bits per heavy atom. The lowest BCUT2D eigenvalue weighted by Gasteiger charge is -2.24. The van der Waals surface area contributed by atoms with Crippen molar-refractivity contribution in [3.63, 3.8) is 0 Å². The fraction of sp³-hybridized carbons (Fsp3) is 0.538. The third kappa shape index (κ3) is 2.56. The number of ether oxygens (including phenoxy) is 1. The quantitative estimate of drug-likeness (QED) is 0.798. The molecule has 19 heavy (non-hydrogen) atoms. The van der Waals surface area contributed by atoms with Crippen LogP contribution >= 0.6 is 0 Å². The van der Waals surface area contributed by atoms with Crippen LogP contribution in [0.2, 0.25) is 0 Å². The molecule has 0 radical (unpaired) electrons. The molecule has 1 heterocycles. The van der Waals surface area contributed by atoms with Crippen molar-refractivity contribution >= 4 is 10.8 Å². The van der Waals surface area contributed by atoms with Crippen molar-refractivity contribution in [3.05, 3.63) is 29.8 Å². The van der Waals surface area contributed by atoms with Crippen molar-refractivity contribution in [1.82, 2.24) is 0 Å². The first-order chi connectivity index (χ1) is 8.82. The summed E-state index contributed by atoms with van der Waals surface area (Å²) in [6.45, 7) is 3.07. The van der Waals surface area contributed by atoms with Gasteiger partial charge in [-0.2, -0.15) is 13.2 Å². The molecule has 2 rings (SSSR count). The molecule has 0 N–H and O–H groups in total. The number of aryl methyl sites for hydroxylation is 1. The van der Waals surface area contributed by atoms with Crippen LogP contribution in [-0.2, 0) is 15.5 Å². The van der Waals surface area contributed by atoms with Gasteiger partial charge >= 0.3 is 6.18 Å². The van der Waals surface area contributed by atoms with Crippen LogP contribution in [0.3, 0.4) is 0 Å². The molecule has 2 nitrogen and oxygen atoms in total. The first-order valence-corrected chi connectivity index (χ1v) is 7.21. The van der Waals surface area contributed by atoms with Gasteiger partial charge in [0.1, 0.15) is 0 Å². The largest absolute Gasteiger partial charge is 0.420 e. The Balaban J connectivity index is 2.28. The zero-order chi connectivity index (χ0) is 14.3. The molecule has 0 saturated carbocycles. The van der Waals surface area contributed by atoms with E-state index < -0.39 is 34.4 Å². The number of rotatable bonds is 4. The monoisotopic (exact) mass is 292 g/mol. The van der Waals surface area contributed by atoms with Gasteiger partial charge in [0.2, 0.25) is 5.60 Å². The molecule has 1 saturated heterocycles. The summed E-state index contributed by atoms with van der Waals surface area (Å²) in [5, 5.41) is -1.06. The fourth-order valence-corrected chi connectivity index (χ4v) is 3.75. The topological polar surface area (TPSA) is 29.6 Å². The highest BCUT2D eigenvalue weighted by Gasteiger charge is 2.71. The van der Waals surface area contributed by atoms with Crippen molar-refractivity contribution < 1.29 is 22.1 Å². The van der Waals surface area contributed by atoms with E-state index in [1.807, 2.05) is 6.92 Å². The lowest BCUT2D eigenvalue weighted by molar-refractivity contribution is -0.184. The summed E-state index contributed by atoms with van der Waals surface area (Å²) in [6, 6.07) is 6.71. The average molecular weight is 292 g/mol. The summed E-state index contributed by atoms with van der Waals surface area (Å²) in [4.78, 5) is 0.413. The van der Waals surface area contributed by atoms with Crippen LogP contribution in [0.15, 0.2) is 29.2 Å². The van der Waals surface area contributed by atoms with E-state index in [9.17, 15) is 17.4 Å². The summed E-state index contributed by atoms with van der Waals surface area (Å²) in [7, 11) is -1.73. The maximum absolute atomic E-state index is 13.0. The van der Waals surface area contributed by atoms with E-state index in [-0.39, 0.29) is 6.42 Å². The summed E-state index contributed by atoms with van der Waals surface area (Å²) in [6.07, 6.45) is -4.33. The van der Waals surface area contributed by atoms with Crippen LogP contribution in [0.5, 0.6) is 0 Å². The summed E-state index contributed by atoms with van der Waals surface area (Å²) < 4.78 is 56.1. The molecule has 106 valence electrons. The second-order valence-corrected chi connectivity index (χ2v) is 6.32. The van der Waals surface area contributed by atoms with Gasteiger partial charge in [-0.15, -0.1) is 0 Å². The van der Waals surface area contributed by atoms with Crippen molar-refractivity contribution in [2.24, 2.45) is 0 Å². The number of alkyl halides is 3. The zero-order valence-electron chi connectivity index (χ0n) is 10.7. The van der Waals surface area contributed by atoms with E-state index >= 15 is 0 Å². The maximum Gasteiger partial charge on any atom is 0.420 e. The zero-order valence-corrected chi connectivity index (χ0v) is 11.5. The third-order valence-corrected chi connectivity index (χ3v) is 5.31. The standard InChI is InChI=1S/C13H15F3O2S/c1-3-11(12(8-18-12)13(14,15)16)19(17)10-6-4-9(2)5-7-10/h4-7,11H,3,8H2,1-2H3/t11-,12-,19?/m0/s1. The Hall–Kier alpha value is -0.880. The number of hydrogen-bond donors (Lipinski definition) is 0. The Labute approximate surface area is 112 Å². The normalized spacial score (nSPS) is 25.9. The van der Waals surface area contributed by atoms with Crippen LogP contribution in [0, 0.1) is 6.92 Å². The molecular weight excluding hydrogens is 277 g/mol. The first-order valence-electron chi connectivity index (χ1n) is 6.00. The highest BCUT2D eigenvalue weighted by molar-refractivity contribution is 7.85. The number of benzene rings is 1. The van der Waals surface area contributed by atoms with Crippen molar-refractivity contribution in [3.8, 4) is 0 Å². The van der Waals surface area contributed by atoms with Gasteiger partial charge in [0.15, 0.2) is 0 Å². The molecule has 1 aromatic rings. The van der Waals surface area contributed by atoms with Gasteiger partial charge in [-0.25, -0.2) is 0 Å².